The topological polar surface area (TPSA) is 59.0 Å². The first-order chi connectivity index (χ1) is 9.70. The van der Waals surface area contributed by atoms with Crippen molar-refractivity contribution in [3.05, 3.63) is 22.7 Å². The van der Waals surface area contributed by atoms with E-state index in [1.54, 1.807) is 17.0 Å². The summed E-state index contributed by atoms with van der Waals surface area (Å²) in [4.78, 5) is 14.0. The van der Waals surface area contributed by atoms with Gasteiger partial charge in [0.2, 0.25) is 0 Å². The number of amides is 1. The number of carbonyl (C=O) groups is 1. The number of fused-ring (bicyclic) bond motifs is 1. The molecule has 3 rings (SSSR count). The maximum absolute atomic E-state index is 12.4. The smallest absolute Gasteiger partial charge is 0.254 e. The van der Waals surface area contributed by atoms with E-state index in [-0.39, 0.29) is 18.6 Å². The van der Waals surface area contributed by atoms with Crippen LogP contribution >= 0.6 is 11.6 Å². The Bertz CT molecular complexity index is 532. The maximum Gasteiger partial charge on any atom is 0.254 e. The van der Waals surface area contributed by atoms with Gasteiger partial charge in [-0.15, -0.1) is 0 Å². The van der Waals surface area contributed by atoms with Crippen LogP contribution in [0.3, 0.4) is 0 Å². The summed E-state index contributed by atoms with van der Waals surface area (Å²) >= 11 is 6.17. The zero-order chi connectivity index (χ0) is 14.1. The minimum atomic E-state index is -0.132. The fourth-order valence-electron chi connectivity index (χ4n) is 2.42. The van der Waals surface area contributed by atoms with Gasteiger partial charge < -0.3 is 19.5 Å². The molecule has 0 aliphatic carbocycles. The van der Waals surface area contributed by atoms with Crippen LogP contribution < -0.4 is 9.47 Å². The van der Waals surface area contributed by atoms with Crippen molar-refractivity contribution in [2.75, 3.05) is 26.4 Å². The fraction of sp³-hybridized carbons (Fsp3) is 0.500. The van der Waals surface area contributed by atoms with Gasteiger partial charge in [0, 0.05) is 18.5 Å². The molecule has 1 N–H and O–H groups in total. The average Bonchev–Trinajstić information content (AvgIpc) is 2.63. The SMILES string of the molecule is O=C(c1cc(Cl)c2c(c1)OCCCO2)N1CCC1CO. The number of nitrogens with zero attached hydrogens (tertiary/aromatic N) is 1. The summed E-state index contributed by atoms with van der Waals surface area (Å²) < 4.78 is 11.1. The number of hydrogen-bond donors (Lipinski definition) is 1. The minimum absolute atomic E-state index is 0.00990. The van der Waals surface area contributed by atoms with Crippen LogP contribution in [0.15, 0.2) is 12.1 Å². The molecule has 2 aliphatic rings. The second-order valence-corrected chi connectivity index (χ2v) is 5.37. The van der Waals surface area contributed by atoms with Crippen LogP contribution in [0.2, 0.25) is 5.02 Å². The molecule has 1 aromatic rings. The first kappa shape index (κ1) is 13.5. The minimum Gasteiger partial charge on any atom is -0.489 e. The standard InChI is InChI=1S/C14H16ClNO4/c15-11-6-9(14(18)16-3-2-10(16)8-17)7-12-13(11)20-5-1-4-19-12/h6-7,10,17H,1-5,8H2. The van der Waals surface area contributed by atoms with E-state index in [2.05, 4.69) is 0 Å². The van der Waals surface area contributed by atoms with E-state index in [9.17, 15) is 9.90 Å². The third-order valence-corrected chi connectivity index (χ3v) is 3.95. The third-order valence-electron chi connectivity index (χ3n) is 3.66. The van der Waals surface area contributed by atoms with Crippen molar-refractivity contribution in [1.29, 1.82) is 0 Å². The number of benzene rings is 1. The molecule has 0 saturated carbocycles. The zero-order valence-corrected chi connectivity index (χ0v) is 11.7. The number of aliphatic hydroxyl groups excluding tert-OH is 1. The predicted molar refractivity (Wildman–Crippen MR) is 73.6 cm³/mol. The van der Waals surface area contributed by atoms with E-state index >= 15 is 0 Å². The summed E-state index contributed by atoms with van der Waals surface area (Å²) in [6.45, 7) is 1.75. The number of ether oxygens (including phenoxy) is 2. The summed E-state index contributed by atoms with van der Waals surface area (Å²) in [5.74, 6) is 0.885. The van der Waals surface area contributed by atoms with E-state index in [1.165, 1.54) is 0 Å². The molecule has 2 heterocycles. The van der Waals surface area contributed by atoms with Gasteiger partial charge in [0.25, 0.3) is 5.91 Å². The molecule has 6 heteroatoms. The highest BCUT2D eigenvalue weighted by Crippen LogP contribution is 2.38. The van der Waals surface area contributed by atoms with Crippen LogP contribution in [-0.2, 0) is 0 Å². The first-order valence-corrected chi connectivity index (χ1v) is 7.09. The highest BCUT2D eigenvalue weighted by molar-refractivity contribution is 6.32. The van der Waals surface area contributed by atoms with Crippen LogP contribution in [0.1, 0.15) is 23.2 Å². The Morgan fingerprint density at radius 3 is 2.90 bits per heavy atom. The largest absolute Gasteiger partial charge is 0.489 e. The summed E-state index contributed by atoms with van der Waals surface area (Å²) in [5, 5.41) is 9.55. The van der Waals surface area contributed by atoms with Crippen LogP contribution in [0.5, 0.6) is 11.5 Å². The van der Waals surface area contributed by atoms with Crippen LogP contribution in [-0.4, -0.2) is 48.3 Å². The molecule has 1 unspecified atom stereocenters. The molecule has 0 aromatic heterocycles. The molecule has 0 bridgehead atoms. The van der Waals surface area contributed by atoms with Gasteiger partial charge in [-0.05, 0) is 18.6 Å². The Labute approximate surface area is 122 Å². The Balaban J connectivity index is 1.89. The van der Waals surface area contributed by atoms with Gasteiger partial charge in [-0.1, -0.05) is 11.6 Å². The molecular weight excluding hydrogens is 282 g/mol. The first-order valence-electron chi connectivity index (χ1n) is 6.71. The molecule has 0 spiro atoms. The third kappa shape index (κ3) is 2.31. The van der Waals surface area contributed by atoms with Gasteiger partial charge in [-0.3, -0.25) is 4.79 Å². The molecule has 2 aliphatic heterocycles. The van der Waals surface area contributed by atoms with E-state index in [0.717, 1.165) is 12.8 Å². The van der Waals surface area contributed by atoms with Crippen molar-refractivity contribution in [3.63, 3.8) is 0 Å². The van der Waals surface area contributed by atoms with E-state index in [4.69, 9.17) is 21.1 Å². The van der Waals surface area contributed by atoms with Crippen molar-refractivity contribution in [2.24, 2.45) is 0 Å². The molecule has 108 valence electrons. The maximum atomic E-state index is 12.4. The highest BCUT2D eigenvalue weighted by atomic mass is 35.5. The second-order valence-electron chi connectivity index (χ2n) is 4.96. The number of rotatable bonds is 2. The van der Waals surface area contributed by atoms with E-state index < -0.39 is 0 Å². The lowest BCUT2D eigenvalue weighted by Gasteiger charge is -2.40. The van der Waals surface area contributed by atoms with Crippen molar-refractivity contribution in [3.8, 4) is 11.5 Å². The molecular formula is C14H16ClNO4. The van der Waals surface area contributed by atoms with Crippen molar-refractivity contribution < 1.29 is 19.4 Å². The number of carbonyl (C=O) groups excluding carboxylic acids is 1. The van der Waals surface area contributed by atoms with E-state index in [1.807, 2.05) is 0 Å². The molecule has 1 saturated heterocycles. The Hall–Kier alpha value is -1.46. The molecule has 1 atom stereocenters. The Kier molecular flexibility index (Phi) is 3.72. The quantitative estimate of drug-likeness (QED) is 0.903. The molecule has 20 heavy (non-hydrogen) atoms. The zero-order valence-electron chi connectivity index (χ0n) is 11.0. The number of likely N-dealkylation sites (tertiary alicyclic amines) is 1. The van der Waals surface area contributed by atoms with Gasteiger partial charge in [-0.25, -0.2) is 0 Å². The van der Waals surface area contributed by atoms with E-state index in [0.29, 0.717) is 41.8 Å². The fourth-order valence-corrected chi connectivity index (χ4v) is 2.68. The van der Waals surface area contributed by atoms with Gasteiger partial charge in [0.1, 0.15) is 0 Å². The van der Waals surface area contributed by atoms with Crippen LogP contribution in [0.4, 0.5) is 0 Å². The molecule has 5 nitrogen and oxygen atoms in total. The number of halogens is 1. The summed E-state index contributed by atoms with van der Waals surface area (Å²) in [5.41, 5.74) is 0.470. The Morgan fingerprint density at radius 2 is 2.20 bits per heavy atom. The number of aliphatic hydroxyl groups is 1. The van der Waals surface area contributed by atoms with Gasteiger partial charge in [-0.2, -0.15) is 0 Å². The molecule has 1 amide bonds. The Morgan fingerprint density at radius 1 is 1.40 bits per heavy atom. The normalized spacial score (nSPS) is 21.1. The van der Waals surface area contributed by atoms with Gasteiger partial charge >= 0.3 is 0 Å². The molecule has 0 radical (unpaired) electrons. The molecule has 1 fully saturated rings. The summed E-state index contributed by atoms with van der Waals surface area (Å²) in [6, 6.07) is 3.18. The lowest BCUT2D eigenvalue weighted by Crippen LogP contribution is -2.52. The highest BCUT2D eigenvalue weighted by Gasteiger charge is 2.33. The van der Waals surface area contributed by atoms with Crippen molar-refractivity contribution >= 4 is 17.5 Å². The summed E-state index contributed by atoms with van der Waals surface area (Å²) in [7, 11) is 0. The van der Waals surface area contributed by atoms with Crippen LogP contribution in [0.25, 0.3) is 0 Å². The predicted octanol–water partition coefficient (Wildman–Crippen LogP) is 1.71. The summed E-state index contributed by atoms with van der Waals surface area (Å²) in [6.07, 6.45) is 1.62. The lowest BCUT2D eigenvalue weighted by atomic mass is 10.0. The van der Waals surface area contributed by atoms with Gasteiger partial charge in [0.15, 0.2) is 11.5 Å². The van der Waals surface area contributed by atoms with Crippen molar-refractivity contribution in [2.45, 2.75) is 18.9 Å². The average molecular weight is 298 g/mol. The number of hydrogen-bond acceptors (Lipinski definition) is 4. The monoisotopic (exact) mass is 297 g/mol. The lowest BCUT2D eigenvalue weighted by molar-refractivity contribution is 0.0295. The van der Waals surface area contributed by atoms with Crippen LogP contribution in [0, 0.1) is 0 Å². The second kappa shape index (κ2) is 5.50. The molecule has 1 aromatic carbocycles. The van der Waals surface area contributed by atoms with Gasteiger partial charge in [0.05, 0.1) is 30.9 Å². The van der Waals surface area contributed by atoms with Crippen molar-refractivity contribution in [1.82, 2.24) is 4.90 Å².